The van der Waals surface area contributed by atoms with Crippen molar-refractivity contribution in [3.63, 3.8) is 0 Å². The Kier molecular flexibility index (Phi) is 7.78. The van der Waals surface area contributed by atoms with Gasteiger partial charge in [0.25, 0.3) is 0 Å². The Morgan fingerprint density at radius 3 is 2.18 bits per heavy atom. The predicted molar refractivity (Wildman–Crippen MR) is 133 cm³/mol. The fourth-order valence-electron chi connectivity index (χ4n) is 4.25. The van der Waals surface area contributed by atoms with Crippen LogP contribution in [-0.4, -0.2) is 30.7 Å². The minimum Gasteiger partial charge on any atom is -0.494 e. The van der Waals surface area contributed by atoms with E-state index in [9.17, 15) is 18.3 Å². The van der Waals surface area contributed by atoms with Gasteiger partial charge in [0.1, 0.15) is 11.4 Å². The van der Waals surface area contributed by atoms with Gasteiger partial charge in [-0.1, -0.05) is 30.7 Å². The number of aromatic carboxylic acids is 1. The second-order valence-corrected chi connectivity index (χ2v) is 10.7. The maximum absolute atomic E-state index is 13.4. The van der Waals surface area contributed by atoms with Gasteiger partial charge in [0.05, 0.1) is 16.4 Å². The number of rotatable bonds is 9. The van der Waals surface area contributed by atoms with Crippen LogP contribution in [0.15, 0.2) is 46.2 Å². The summed E-state index contributed by atoms with van der Waals surface area (Å²) in [5.74, 6) is -0.467. The van der Waals surface area contributed by atoms with Crippen molar-refractivity contribution in [2.24, 2.45) is 0 Å². The van der Waals surface area contributed by atoms with E-state index in [0.717, 1.165) is 23.1 Å². The Bertz CT molecular complexity index is 1300. The second kappa shape index (κ2) is 10.2. The average molecular weight is 504 g/mol. The molecule has 0 saturated carbocycles. The summed E-state index contributed by atoms with van der Waals surface area (Å²) in [5.41, 5.74) is 3.51. The largest absolute Gasteiger partial charge is 0.494 e. The van der Waals surface area contributed by atoms with E-state index in [2.05, 4.69) is 0 Å². The van der Waals surface area contributed by atoms with E-state index in [-0.39, 0.29) is 21.0 Å². The van der Waals surface area contributed by atoms with Crippen LogP contribution in [0, 0.1) is 27.7 Å². The number of aryl methyl sites for hydroxylation is 3. The molecule has 1 heterocycles. The van der Waals surface area contributed by atoms with Gasteiger partial charge in [-0.2, -0.15) is 0 Å². The molecular formula is C26H30ClNO5S. The van der Waals surface area contributed by atoms with Crippen molar-refractivity contribution in [1.82, 2.24) is 4.57 Å². The zero-order valence-corrected chi connectivity index (χ0v) is 21.7. The van der Waals surface area contributed by atoms with E-state index in [0.29, 0.717) is 36.0 Å². The van der Waals surface area contributed by atoms with Crippen LogP contribution < -0.4 is 4.74 Å². The Labute approximate surface area is 206 Å². The average Bonchev–Trinajstić information content (AvgIpc) is 3.04. The van der Waals surface area contributed by atoms with Crippen LogP contribution in [0.4, 0.5) is 0 Å². The summed E-state index contributed by atoms with van der Waals surface area (Å²) in [5, 5.41) is 10.6. The van der Waals surface area contributed by atoms with Crippen LogP contribution >= 0.6 is 11.6 Å². The minimum atomic E-state index is -3.88. The number of aromatic nitrogens is 1. The first-order valence-corrected chi connectivity index (χ1v) is 13.0. The molecule has 0 atom stereocenters. The zero-order chi connectivity index (χ0) is 25.2. The van der Waals surface area contributed by atoms with Gasteiger partial charge in [0.2, 0.25) is 9.84 Å². The van der Waals surface area contributed by atoms with Crippen molar-refractivity contribution < 1.29 is 23.1 Å². The lowest BCUT2D eigenvalue weighted by Crippen LogP contribution is -2.13. The Balaban J connectivity index is 1.87. The lowest BCUT2D eigenvalue weighted by Gasteiger charge is -2.12. The van der Waals surface area contributed by atoms with Gasteiger partial charge >= 0.3 is 5.97 Å². The number of ether oxygens (including phenoxy) is 1. The summed E-state index contributed by atoms with van der Waals surface area (Å²) in [4.78, 5) is 12.3. The normalized spacial score (nSPS) is 11.6. The monoisotopic (exact) mass is 503 g/mol. The Morgan fingerprint density at radius 1 is 1.06 bits per heavy atom. The quantitative estimate of drug-likeness (QED) is 0.365. The third-order valence-corrected chi connectivity index (χ3v) is 8.65. The molecule has 0 bridgehead atoms. The third kappa shape index (κ3) is 5.00. The molecule has 6 nitrogen and oxygen atoms in total. The molecule has 3 rings (SSSR count). The zero-order valence-electron chi connectivity index (χ0n) is 20.1. The van der Waals surface area contributed by atoms with E-state index in [1.165, 1.54) is 0 Å². The molecule has 0 aliphatic heterocycles. The van der Waals surface area contributed by atoms with Crippen LogP contribution in [0.5, 0.6) is 5.75 Å². The molecule has 0 saturated heterocycles. The molecule has 1 N–H and O–H groups in total. The van der Waals surface area contributed by atoms with Crippen LogP contribution in [0.2, 0.25) is 5.02 Å². The third-order valence-electron chi connectivity index (χ3n) is 6.02. The van der Waals surface area contributed by atoms with Crippen molar-refractivity contribution in [3.8, 4) is 5.75 Å². The highest BCUT2D eigenvalue weighted by Crippen LogP contribution is 2.32. The van der Waals surface area contributed by atoms with Gasteiger partial charge in [-0.15, -0.1) is 0 Å². The molecular weight excluding hydrogens is 474 g/mol. The van der Waals surface area contributed by atoms with Crippen molar-refractivity contribution in [2.45, 2.75) is 63.8 Å². The molecule has 3 aromatic rings. The Hall–Kier alpha value is -2.77. The molecule has 0 amide bonds. The molecule has 0 spiro atoms. The predicted octanol–water partition coefficient (Wildman–Crippen LogP) is 5.94. The lowest BCUT2D eigenvalue weighted by atomic mass is 10.1. The van der Waals surface area contributed by atoms with Gasteiger partial charge in [-0.05, 0) is 81.5 Å². The van der Waals surface area contributed by atoms with E-state index < -0.39 is 15.8 Å². The minimum absolute atomic E-state index is 0.0144. The maximum atomic E-state index is 13.4. The fraction of sp³-hybridized carbons (Fsp3) is 0.346. The molecule has 0 unspecified atom stereocenters. The van der Waals surface area contributed by atoms with Gasteiger partial charge in [-0.25, -0.2) is 13.2 Å². The molecule has 8 heteroatoms. The number of benzene rings is 2. The number of carboxylic acid groups (broad SMARTS) is 1. The smallest absolute Gasteiger partial charge is 0.352 e. The number of nitrogens with zero attached hydrogens (tertiary/aromatic N) is 1. The number of halogens is 1. The fourth-order valence-corrected chi connectivity index (χ4v) is 6.09. The van der Waals surface area contributed by atoms with Crippen LogP contribution in [0.3, 0.4) is 0 Å². The van der Waals surface area contributed by atoms with E-state index in [1.54, 1.807) is 42.7 Å². The van der Waals surface area contributed by atoms with Gasteiger partial charge in [-0.3, -0.25) is 0 Å². The first-order valence-electron chi connectivity index (χ1n) is 11.2. The molecule has 2 aromatic carbocycles. The number of carbonyl (C=O) groups is 1. The lowest BCUT2D eigenvalue weighted by molar-refractivity contribution is 0.0683. The molecule has 34 heavy (non-hydrogen) atoms. The summed E-state index contributed by atoms with van der Waals surface area (Å²) < 4.78 is 34.3. The van der Waals surface area contributed by atoms with Crippen molar-refractivity contribution >= 4 is 27.4 Å². The number of hydrogen-bond donors (Lipinski definition) is 1. The highest BCUT2D eigenvalue weighted by atomic mass is 35.5. The Morgan fingerprint density at radius 2 is 1.65 bits per heavy atom. The number of hydrogen-bond acceptors (Lipinski definition) is 4. The summed E-state index contributed by atoms with van der Waals surface area (Å²) in [6.45, 7) is 9.67. The molecule has 182 valence electrons. The first kappa shape index (κ1) is 25.8. The standard InChI is InChI=1S/C26H30ClNO5S/c1-6-20-8-10-22(11-9-20)34(31,32)25-18(4)24(26(29)30)28(19(25)5)12-7-13-33-21-14-16(2)23(27)17(3)15-21/h8-11,14-15H,6-7,12-13H2,1-5H3,(H,29,30). The summed E-state index contributed by atoms with van der Waals surface area (Å²) in [7, 11) is -3.88. The first-order chi connectivity index (χ1) is 16.0. The van der Waals surface area contributed by atoms with E-state index in [1.807, 2.05) is 32.9 Å². The molecule has 0 aliphatic carbocycles. The SMILES string of the molecule is CCc1ccc(S(=O)(=O)c2c(C)c(C(=O)O)n(CCCOc3cc(C)c(Cl)c(C)c3)c2C)cc1. The highest BCUT2D eigenvalue weighted by Gasteiger charge is 2.31. The summed E-state index contributed by atoms with van der Waals surface area (Å²) in [6, 6.07) is 10.4. The van der Waals surface area contributed by atoms with Crippen molar-refractivity contribution in [1.29, 1.82) is 0 Å². The maximum Gasteiger partial charge on any atom is 0.352 e. The van der Waals surface area contributed by atoms with Crippen LogP contribution in [0.25, 0.3) is 0 Å². The number of sulfone groups is 1. The number of carboxylic acids is 1. The van der Waals surface area contributed by atoms with Crippen LogP contribution in [-0.2, 0) is 22.8 Å². The van der Waals surface area contributed by atoms with Gasteiger partial charge in [0, 0.05) is 22.8 Å². The van der Waals surface area contributed by atoms with E-state index in [4.69, 9.17) is 16.3 Å². The van der Waals surface area contributed by atoms with Gasteiger partial charge < -0.3 is 14.4 Å². The van der Waals surface area contributed by atoms with Crippen molar-refractivity contribution in [2.75, 3.05) is 6.61 Å². The molecule has 0 aliphatic rings. The highest BCUT2D eigenvalue weighted by molar-refractivity contribution is 7.91. The summed E-state index contributed by atoms with van der Waals surface area (Å²) >= 11 is 6.21. The molecule has 0 fully saturated rings. The van der Waals surface area contributed by atoms with Gasteiger partial charge in [0.15, 0.2) is 0 Å². The molecule has 1 aromatic heterocycles. The summed E-state index contributed by atoms with van der Waals surface area (Å²) in [6.07, 6.45) is 1.30. The molecule has 0 radical (unpaired) electrons. The second-order valence-electron chi connectivity index (χ2n) is 8.42. The topological polar surface area (TPSA) is 85.6 Å². The van der Waals surface area contributed by atoms with E-state index >= 15 is 0 Å². The van der Waals surface area contributed by atoms with Crippen LogP contribution in [0.1, 0.15) is 51.8 Å². The van der Waals surface area contributed by atoms with Crippen molar-refractivity contribution in [3.05, 3.63) is 75.1 Å².